The van der Waals surface area contributed by atoms with Gasteiger partial charge >= 0.3 is 0 Å². The molecular formula is C7H10O2S. The van der Waals surface area contributed by atoms with Crippen LogP contribution in [0.4, 0.5) is 0 Å². The van der Waals surface area contributed by atoms with E-state index >= 15 is 0 Å². The van der Waals surface area contributed by atoms with Gasteiger partial charge in [-0.15, -0.1) is 0 Å². The van der Waals surface area contributed by atoms with Gasteiger partial charge in [-0.1, -0.05) is 31.5 Å². The molecule has 1 fully saturated rings. The quantitative estimate of drug-likeness (QED) is 0.582. The molecule has 1 saturated heterocycles. The van der Waals surface area contributed by atoms with Crippen molar-refractivity contribution < 1.29 is 9.59 Å². The lowest BCUT2D eigenvalue weighted by Gasteiger charge is -2.20. The maximum absolute atomic E-state index is 10.7. The van der Waals surface area contributed by atoms with Crippen molar-refractivity contribution in [2.24, 2.45) is 0 Å². The van der Waals surface area contributed by atoms with Gasteiger partial charge in [-0.05, 0) is 6.42 Å². The van der Waals surface area contributed by atoms with E-state index in [2.05, 4.69) is 6.92 Å². The highest BCUT2D eigenvalue weighted by Gasteiger charge is 2.37. The van der Waals surface area contributed by atoms with Crippen molar-refractivity contribution >= 4 is 22.7 Å². The van der Waals surface area contributed by atoms with Crippen LogP contribution in [-0.4, -0.2) is 16.1 Å². The fraction of sp³-hybridized carbons (Fsp3) is 0.714. The van der Waals surface area contributed by atoms with Gasteiger partial charge in [0.1, 0.15) is 0 Å². The Morgan fingerprint density at radius 3 is 2.60 bits per heavy atom. The van der Waals surface area contributed by atoms with Crippen LogP contribution in [0.1, 0.15) is 26.2 Å². The van der Waals surface area contributed by atoms with Crippen LogP contribution in [0.15, 0.2) is 0 Å². The molecule has 3 heteroatoms. The average Bonchev–Trinajstić information content (AvgIpc) is 1.97. The first-order valence-corrected chi connectivity index (χ1v) is 4.38. The van der Waals surface area contributed by atoms with Gasteiger partial charge in [0, 0.05) is 0 Å². The molecule has 1 aliphatic rings. The normalized spacial score (nSPS) is 24.7. The maximum atomic E-state index is 10.7. The molecule has 0 saturated carbocycles. The first kappa shape index (κ1) is 7.79. The minimum Gasteiger partial charge on any atom is -0.289 e. The second kappa shape index (κ2) is 3.19. The van der Waals surface area contributed by atoms with Gasteiger partial charge in [-0.3, -0.25) is 9.59 Å². The summed E-state index contributed by atoms with van der Waals surface area (Å²) in [4.78, 5) is 21.1. The second-order valence-corrected chi connectivity index (χ2v) is 3.58. The highest BCUT2D eigenvalue weighted by Crippen LogP contribution is 2.29. The number of hydrogen-bond donors (Lipinski definition) is 0. The van der Waals surface area contributed by atoms with Gasteiger partial charge in [0.25, 0.3) is 5.12 Å². The van der Waals surface area contributed by atoms with E-state index in [1.165, 1.54) is 11.8 Å². The van der Waals surface area contributed by atoms with Crippen molar-refractivity contribution in [3.05, 3.63) is 0 Å². The van der Waals surface area contributed by atoms with E-state index in [1.54, 1.807) is 0 Å². The predicted molar refractivity (Wildman–Crippen MR) is 40.9 cm³/mol. The molecule has 1 heterocycles. The monoisotopic (exact) mass is 158 g/mol. The minimum atomic E-state index is -0.249. The van der Waals surface area contributed by atoms with Crippen molar-refractivity contribution in [3.63, 3.8) is 0 Å². The molecule has 0 spiro atoms. The number of thioether (sulfide) groups is 1. The first-order valence-electron chi connectivity index (χ1n) is 3.50. The van der Waals surface area contributed by atoms with Gasteiger partial charge in [0.05, 0.1) is 5.25 Å². The number of unbranched alkanes of at least 4 members (excludes halogenated alkanes) is 1. The van der Waals surface area contributed by atoms with Crippen LogP contribution >= 0.6 is 11.8 Å². The summed E-state index contributed by atoms with van der Waals surface area (Å²) >= 11 is 1.19. The molecule has 56 valence electrons. The molecule has 2 nitrogen and oxygen atoms in total. The molecule has 0 aromatic rings. The Kier molecular flexibility index (Phi) is 2.49. The molecule has 10 heavy (non-hydrogen) atoms. The standard InChI is InChI=1S/C7H10O2S/c1-2-3-4-5-6(8)7(9)10-5/h5H,2-4H2,1H3. The molecule has 1 unspecified atom stereocenters. The summed E-state index contributed by atoms with van der Waals surface area (Å²) in [6, 6.07) is 0. The van der Waals surface area contributed by atoms with E-state index in [1.807, 2.05) is 0 Å². The Morgan fingerprint density at radius 1 is 1.50 bits per heavy atom. The number of carbonyl (C=O) groups is 2. The fourth-order valence-electron chi connectivity index (χ4n) is 0.894. The Labute approximate surface area is 64.4 Å². The lowest BCUT2D eigenvalue weighted by Crippen LogP contribution is -2.35. The fourth-order valence-corrected chi connectivity index (χ4v) is 1.72. The van der Waals surface area contributed by atoms with Crippen molar-refractivity contribution in [1.82, 2.24) is 0 Å². The maximum Gasteiger partial charge on any atom is 0.256 e. The Balaban J connectivity index is 2.21. The summed E-state index contributed by atoms with van der Waals surface area (Å²) < 4.78 is 0. The lowest BCUT2D eigenvalue weighted by atomic mass is 10.1. The molecule has 1 aliphatic heterocycles. The Morgan fingerprint density at radius 2 is 2.20 bits per heavy atom. The van der Waals surface area contributed by atoms with E-state index in [4.69, 9.17) is 0 Å². The largest absolute Gasteiger partial charge is 0.289 e. The van der Waals surface area contributed by atoms with E-state index in [0.29, 0.717) is 0 Å². The molecule has 0 aromatic carbocycles. The van der Waals surface area contributed by atoms with Gasteiger partial charge in [-0.2, -0.15) is 0 Å². The highest BCUT2D eigenvalue weighted by atomic mass is 32.2. The summed E-state index contributed by atoms with van der Waals surface area (Å²) in [6.07, 6.45) is 3.03. The number of carbonyl (C=O) groups excluding carboxylic acids is 2. The summed E-state index contributed by atoms with van der Waals surface area (Å²) in [5.41, 5.74) is 0. The molecule has 1 atom stereocenters. The van der Waals surface area contributed by atoms with E-state index < -0.39 is 0 Å². The summed E-state index contributed by atoms with van der Waals surface area (Å²) in [5, 5.41) is -0.242. The SMILES string of the molecule is CCCCC1SC(=O)C1=O. The number of ketones is 1. The minimum absolute atomic E-state index is 0.00690. The zero-order valence-corrected chi connectivity index (χ0v) is 6.74. The Hall–Kier alpha value is -0.310. The lowest BCUT2D eigenvalue weighted by molar-refractivity contribution is -0.133. The zero-order chi connectivity index (χ0) is 7.56. The summed E-state index contributed by atoms with van der Waals surface area (Å²) in [5.74, 6) is -0.168. The second-order valence-electron chi connectivity index (χ2n) is 2.40. The number of hydrogen-bond acceptors (Lipinski definition) is 3. The van der Waals surface area contributed by atoms with Crippen LogP contribution in [-0.2, 0) is 9.59 Å². The third kappa shape index (κ3) is 1.40. The van der Waals surface area contributed by atoms with E-state index in [0.717, 1.165) is 19.3 Å². The third-order valence-electron chi connectivity index (χ3n) is 1.56. The molecule has 0 aromatic heterocycles. The van der Waals surface area contributed by atoms with Crippen LogP contribution < -0.4 is 0 Å². The van der Waals surface area contributed by atoms with Gasteiger partial charge in [0.2, 0.25) is 5.78 Å². The van der Waals surface area contributed by atoms with E-state index in [9.17, 15) is 9.59 Å². The van der Waals surface area contributed by atoms with Crippen molar-refractivity contribution in [1.29, 1.82) is 0 Å². The molecule has 0 amide bonds. The zero-order valence-electron chi connectivity index (χ0n) is 5.92. The molecule has 0 radical (unpaired) electrons. The topological polar surface area (TPSA) is 34.1 Å². The van der Waals surface area contributed by atoms with Gasteiger partial charge < -0.3 is 0 Å². The van der Waals surface area contributed by atoms with Crippen LogP contribution in [0.3, 0.4) is 0 Å². The molecular weight excluding hydrogens is 148 g/mol. The summed E-state index contributed by atoms with van der Waals surface area (Å²) in [7, 11) is 0. The van der Waals surface area contributed by atoms with Crippen molar-refractivity contribution in [3.8, 4) is 0 Å². The van der Waals surface area contributed by atoms with Gasteiger partial charge in [0.15, 0.2) is 0 Å². The van der Waals surface area contributed by atoms with E-state index in [-0.39, 0.29) is 16.1 Å². The third-order valence-corrected chi connectivity index (χ3v) is 2.71. The molecule has 1 rings (SSSR count). The predicted octanol–water partition coefficient (Wildman–Crippen LogP) is 1.39. The summed E-state index contributed by atoms with van der Waals surface area (Å²) in [6.45, 7) is 2.08. The Bertz CT molecular complexity index is 165. The average molecular weight is 158 g/mol. The number of Topliss-reactive ketones (excluding diaryl/α,β-unsaturated/α-hetero) is 1. The van der Waals surface area contributed by atoms with Gasteiger partial charge in [-0.25, -0.2) is 0 Å². The number of rotatable bonds is 3. The van der Waals surface area contributed by atoms with Crippen molar-refractivity contribution in [2.75, 3.05) is 0 Å². The van der Waals surface area contributed by atoms with Crippen LogP contribution in [0.25, 0.3) is 0 Å². The van der Waals surface area contributed by atoms with Crippen LogP contribution in [0, 0.1) is 0 Å². The molecule has 0 bridgehead atoms. The van der Waals surface area contributed by atoms with Crippen molar-refractivity contribution in [2.45, 2.75) is 31.4 Å². The smallest absolute Gasteiger partial charge is 0.256 e. The first-order chi connectivity index (χ1) is 4.75. The molecule has 0 N–H and O–H groups in total. The highest BCUT2D eigenvalue weighted by molar-refractivity contribution is 8.20. The molecule has 0 aliphatic carbocycles. The van der Waals surface area contributed by atoms with Crippen LogP contribution in [0.5, 0.6) is 0 Å². The van der Waals surface area contributed by atoms with Crippen LogP contribution in [0.2, 0.25) is 0 Å².